The van der Waals surface area contributed by atoms with E-state index < -0.39 is 6.09 Å². The average molecular weight is 877 g/mol. The van der Waals surface area contributed by atoms with Crippen LogP contribution in [0.25, 0.3) is 33.3 Å². The fourth-order valence-corrected chi connectivity index (χ4v) is 6.44. The van der Waals surface area contributed by atoms with Crippen LogP contribution in [0.4, 0.5) is 4.79 Å². The minimum atomic E-state index is -0.819. The number of nitrogens with two attached hydrogens (primary N) is 1. The fourth-order valence-electron chi connectivity index (χ4n) is 6.44. The van der Waals surface area contributed by atoms with Crippen molar-refractivity contribution in [1.29, 1.82) is 0 Å². The maximum atomic E-state index is 12.9. The predicted molar refractivity (Wildman–Crippen MR) is 233 cm³/mol. The van der Waals surface area contributed by atoms with Crippen molar-refractivity contribution in [3.63, 3.8) is 0 Å². The Morgan fingerprint density at radius 2 is 1.24 bits per heavy atom. The Hall–Kier alpha value is -5.31. The minimum absolute atomic E-state index is 0.0619. The lowest BCUT2D eigenvalue weighted by molar-refractivity contribution is -0.0238. The molecule has 0 fully saturated rings. The Bertz CT molecular complexity index is 2060. The number of aromatic nitrogens is 4. The van der Waals surface area contributed by atoms with E-state index >= 15 is 0 Å². The van der Waals surface area contributed by atoms with Gasteiger partial charge in [-0.15, -0.1) is 0 Å². The summed E-state index contributed by atoms with van der Waals surface area (Å²) in [6.45, 7) is 13.2. The molecule has 63 heavy (non-hydrogen) atoms. The van der Waals surface area contributed by atoms with Crippen LogP contribution in [-0.4, -0.2) is 151 Å². The molecule has 5 rings (SSSR count). The largest absolute Gasteiger partial charge is 0.447 e. The van der Waals surface area contributed by atoms with E-state index in [4.69, 9.17) is 53.1 Å². The average Bonchev–Trinajstić information content (AvgIpc) is 3.85. The molecule has 0 saturated carbocycles. The van der Waals surface area contributed by atoms with E-state index in [1.165, 1.54) is 0 Å². The molecule has 0 aliphatic heterocycles. The Morgan fingerprint density at radius 3 is 1.73 bits per heavy atom. The number of nitrogens with one attached hydrogen (secondary N) is 1. The van der Waals surface area contributed by atoms with Gasteiger partial charge in [-0.1, -0.05) is 23.4 Å². The van der Waals surface area contributed by atoms with Crippen molar-refractivity contribution >= 4 is 23.0 Å². The molecule has 0 radical (unpaired) electrons. The third-order valence-corrected chi connectivity index (χ3v) is 9.59. The van der Waals surface area contributed by atoms with Crippen molar-refractivity contribution in [3.8, 4) is 22.3 Å². The van der Waals surface area contributed by atoms with E-state index in [-0.39, 0.29) is 25.2 Å². The lowest BCUT2D eigenvalue weighted by Gasteiger charge is -2.15. The second-order valence-electron chi connectivity index (χ2n) is 14.1. The number of ether oxygens (including phenoxy) is 9. The third kappa shape index (κ3) is 16.4. The Kier molecular flexibility index (Phi) is 21.4. The molecule has 4 heterocycles. The Morgan fingerprint density at radius 1 is 0.698 bits per heavy atom. The molecular weight excluding hydrogens is 817 g/mol. The van der Waals surface area contributed by atoms with Crippen LogP contribution in [0.3, 0.4) is 0 Å². The summed E-state index contributed by atoms with van der Waals surface area (Å²) in [6.07, 6.45) is 4.94. The number of hydrogen-bond donors (Lipinski definition) is 2. The smallest absolute Gasteiger partial charge is 0.404 e. The number of pyridine rings is 2. The van der Waals surface area contributed by atoms with E-state index in [2.05, 4.69) is 43.9 Å². The zero-order chi connectivity index (χ0) is 44.5. The van der Waals surface area contributed by atoms with Gasteiger partial charge in [0.1, 0.15) is 12.4 Å². The molecule has 0 saturated heterocycles. The van der Waals surface area contributed by atoms with Crippen molar-refractivity contribution in [1.82, 2.24) is 25.0 Å². The summed E-state index contributed by atoms with van der Waals surface area (Å²) in [5, 5.41) is 7.06. The number of hydrogen-bond acceptors (Lipinski definition) is 15. The van der Waals surface area contributed by atoms with Crippen LogP contribution in [-0.2, 0) is 42.6 Å². The predicted octanol–water partition coefficient (Wildman–Crippen LogP) is 4.94. The van der Waals surface area contributed by atoms with Crippen LogP contribution >= 0.6 is 0 Å². The van der Waals surface area contributed by atoms with Crippen molar-refractivity contribution in [2.45, 2.75) is 26.8 Å². The van der Waals surface area contributed by atoms with Gasteiger partial charge in [0, 0.05) is 47.4 Å². The van der Waals surface area contributed by atoms with Gasteiger partial charge in [0.25, 0.3) is 5.91 Å². The molecule has 0 aliphatic carbocycles. The summed E-state index contributed by atoms with van der Waals surface area (Å²) in [7, 11) is 0. The molecule has 3 N–H and O–H groups in total. The minimum Gasteiger partial charge on any atom is -0.447 e. The van der Waals surface area contributed by atoms with Crippen molar-refractivity contribution in [2.75, 3.05) is 119 Å². The van der Waals surface area contributed by atoms with Crippen molar-refractivity contribution in [2.24, 2.45) is 5.73 Å². The van der Waals surface area contributed by atoms with E-state index in [1.54, 1.807) is 6.20 Å². The second-order valence-corrected chi connectivity index (χ2v) is 14.1. The molecule has 0 bridgehead atoms. The van der Waals surface area contributed by atoms with Gasteiger partial charge in [0.2, 0.25) is 0 Å². The SMILES string of the molecule is Cc1noc(C)c1-c1cnc2c(-c3ccc(C(=O)NCCOCCOCCOCCOCCOCCOCCOCCOCCOC(N)=O)cc3)cn(C(C)c3ccccn3)c2c1. The number of benzene rings is 1. The number of aryl methyl sites for hydroxylation is 2. The molecular formula is C45H60N6O12. The first kappa shape index (κ1) is 48.7. The lowest BCUT2D eigenvalue weighted by Crippen LogP contribution is -2.27. The number of carbonyl (C=O) groups is 2. The highest BCUT2D eigenvalue weighted by atomic mass is 16.6. The molecule has 1 aromatic carbocycles. The van der Waals surface area contributed by atoms with Crippen LogP contribution in [0.2, 0.25) is 0 Å². The molecule has 1 unspecified atom stereocenters. The first-order valence-corrected chi connectivity index (χ1v) is 21.1. The van der Waals surface area contributed by atoms with Crippen LogP contribution < -0.4 is 11.1 Å². The number of fused-ring (bicyclic) bond motifs is 1. The summed E-state index contributed by atoms with van der Waals surface area (Å²) in [6, 6.07) is 15.5. The van der Waals surface area contributed by atoms with Crippen LogP contribution in [0, 0.1) is 13.8 Å². The summed E-state index contributed by atoms with van der Waals surface area (Å²) in [5.41, 5.74) is 12.7. The Balaban J connectivity index is 0.881. The van der Waals surface area contributed by atoms with Crippen LogP contribution in [0.15, 0.2) is 71.6 Å². The zero-order valence-electron chi connectivity index (χ0n) is 36.4. The topological polar surface area (TPSA) is 212 Å². The van der Waals surface area contributed by atoms with Crippen molar-refractivity contribution in [3.05, 3.63) is 89.8 Å². The second kappa shape index (κ2) is 27.7. The lowest BCUT2D eigenvalue weighted by atomic mass is 10.0. The molecule has 2 amide bonds. The molecule has 18 nitrogen and oxygen atoms in total. The van der Waals surface area contributed by atoms with Crippen molar-refractivity contribution < 1.29 is 56.7 Å². The van der Waals surface area contributed by atoms with Gasteiger partial charge < -0.3 is 62.8 Å². The van der Waals surface area contributed by atoms with E-state index in [1.807, 2.05) is 62.5 Å². The van der Waals surface area contributed by atoms with E-state index in [0.29, 0.717) is 111 Å². The van der Waals surface area contributed by atoms with Gasteiger partial charge in [-0.05, 0) is 56.7 Å². The number of primary amides is 1. The molecule has 4 aromatic heterocycles. The first-order valence-electron chi connectivity index (χ1n) is 21.1. The summed E-state index contributed by atoms with van der Waals surface area (Å²) >= 11 is 0. The third-order valence-electron chi connectivity index (χ3n) is 9.59. The van der Waals surface area contributed by atoms with Gasteiger partial charge in [0.15, 0.2) is 0 Å². The van der Waals surface area contributed by atoms with Crippen LogP contribution in [0.5, 0.6) is 0 Å². The highest BCUT2D eigenvalue weighted by Crippen LogP contribution is 2.36. The maximum absolute atomic E-state index is 12.9. The van der Waals surface area contributed by atoms with Gasteiger partial charge in [-0.2, -0.15) is 0 Å². The van der Waals surface area contributed by atoms with Gasteiger partial charge in [-0.3, -0.25) is 14.8 Å². The highest BCUT2D eigenvalue weighted by molar-refractivity contribution is 5.97. The van der Waals surface area contributed by atoms with E-state index in [9.17, 15) is 9.59 Å². The standard InChI is InChI=1S/C45H60N6O12/c1-33-42(35(3)63-50-33)38-30-41-43(49-31-38)39(32-51(41)34(2)40-6-4-5-11-47-40)36-7-9-37(10-8-36)44(52)48-12-13-54-14-15-55-16-17-56-18-19-57-20-21-58-22-23-59-24-25-60-26-27-61-28-29-62-45(46)53/h4-11,30-32,34H,12-29H2,1-3H3,(H2,46,53)(H,48,52). The first-order chi connectivity index (χ1) is 30.8. The molecule has 5 aromatic rings. The molecule has 342 valence electrons. The number of nitrogens with zero attached hydrogens (tertiary/aromatic N) is 4. The summed E-state index contributed by atoms with van der Waals surface area (Å²) in [4.78, 5) is 32.9. The normalized spacial score (nSPS) is 11.9. The maximum Gasteiger partial charge on any atom is 0.404 e. The van der Waals surface area contributed by atoms with Gasteiger partial charge in [0.05, 0.1) is 134 Å². The quantitative estimate of drug-likeness (QED) is 0.0548. The summed E-state index contributed by atoms with van der Waals surface area (Å²) in [5.74, 6) is 0.558. The van der Waals surface area contributed by atoms with Gasteiger partial charge >= 0.3 is 6.09 Å². The zero-order valence-corrected chi connectivity index (χ0v) is 36.4. The number of carbonyl (C=O) groups excluding carboxylic acids is 2. The molecule has 1 atom stereocenters. The Labute approximate surface area is 367 Å². The number of amides is 2. The molecule has 18 heteroatoms. The van der Waals surface area contributed by atoms with E-state index in [0.717, 1.165) is 50.4 Å². The highest BCUT2D eigenvalue weighted by Gasteiger charge is 2.20. The van der Waals surface area contributed by atoms with Crippen LogP contribution in [0.1, 0.15) is 40.5 Å². The monoisotopic (exact) mass is 876 g/mol. The molecule has 0 spiro atoms. The summed E-state index contributed by atoms with van der Waals surface area (Å²) < 4.78 is 55.9. The van der Waals surface area contributed by atoms with Gasteiger partial charge in [-0.25, -0.2) is 4.79 Å². The number of rotatable bonds is 32. The fraction of sp³-hybridized carbons (Fsp3) is 0.489. The molecule has 0 aliphatic rings.